The van der Waals surface area contributed by atoms with Crippen molar-refractivity contribution in [3.63, 3.8) is 0 Å². The summed E-state index contributed by atoms with van der Waals surface area (Å²) in [5.41, 5.74) is 1.54. The highest BCUT2D eigenvalue weighted by Crippen LogP contribution is 2.37. The Balaban J connectivity index is 2.38. The molecule has 2 aromatic carbocycles. The van der Waals surface area contributed by atoms with Crippen LogP contribution in [-0.2, 0) is 4.79 Å². The Morgan fingerprint density at radius 2 is 1.71 bits per heavy atom. The van der Waals surface area contributed by atoms with Crippen LogP contribution in [0.15, 0.2) is 29.8 Å². The molecule has 0 radical (unpaired) electrons. The van der Waals surface area contributed by atoms with E-state index in [1.165, 1.54) is 27.4 Å². The zero-order chi connectivity index (χ0) is 20.8. The number of nitrogens with zero attached hydrogens (tertiary/aromatic N) is 1. The predicted octanol–water partition coefficient (Wildman–Crippen LogP) is 4.87. The van der Waals surface area contributed by atoms with Crippen LogP contribution in [0.25, 0.3) is 6.08 Å². The largest absolute Gasteiger partial charge is 0.495 e. The molecule has 0 unspecified atom stereocenters. The molecule has 0 fully saturated rings. The predicted molar refractivity (Wildman–Crippen MR) is 110 cm³/mol. The number of carbonyl (C=O) groups is 1. The topological polar surface area (TPSA) is 80.6 Å². The number of ether oxygens (including phenoxy) is 3. The highest BCUT2D eigenvalue weighted by Gasteiger charge is 2.16. The van der Waals surface area contributed by atoms with Gasteiger partial charge in [0.2, 0.25) is 0 Å². The van der Waals surface area contributed by atoms with Gasteiger partial charge in [-0.2, -0.15) is 5.26 Å². The van der Waals surface area contributed by atoms with Crippen LogP contribution in [0.2, 0.25) is 10.0 Å². The lowest BCUT2D eigenvalue weighted by Crippen LogP contribution is -2.14. The van der Waals surface area contributed by atoms with E-state index in [0.717, 1.165) is 5.56 Å². The van der Waals surface area contributed by atoms with Crippen molar-refractivity contribution in [1.29, 1.82) is 5.26 Å². The Morgan fingerprint density at radius 1 is 1.04 bits per heavy atom. The number of nitriles is 1. The third-order valence-corrected chi connectivity index (χ3v) is 4.55. The minimum absolute atomic E-state index is 0.127. The molecule has 0 saturated heterocycles. The molecule has 0 aliphatic heterocycles. The molecular formula is C20H18Cl2N2O4. The second-order valence-electron chi connectivity index (χ2n) is 5.66. The molecule has 8 heteroatoms. The maximum absolute atomic E-state index is 12.6. The van der Waals surface area contributed by atoms with Gasteiger partial charge < -0.3 is 19.5 Å². The van der Waals surface area contributed by atoms with Gasteiger partial charge in [-0.1, -0.05) is 23.2 Å². The van der Waals surface area contributed by atoms with Gasteiger partial charge in [0.1, 0.15) is 17.4 Å². The van der Waals surface area contributed by atoms with Crippen molar-refractivity contribution in [3.8, 4) is 23.3 Å². The van der Waals surface area contributed by atoms with Crippen molar-refractivity contribution in [1.82, 2.24) is 0 Å². The Labute approximate surface area is 173 Å². The van der Waals surface area contributed by atoms with E-state index in [1.807, 2.05) is 6.07 Å². The first-order valence-corrected chi connectivity index (χ1v) is 8.79. The zero-order valence-corrected chi connectivity index (χ0v) is 17.2. The third kappa shape index (κ3) is 4.69. The first-order chi connectivity index (χ1) is 13.3. The molecule has 0 aliphatic rings. The summed E-state index contributed by atoms with van der Waals surface area (Å²) in [6.45, 7) is 1.80. The molecule has 146 valence electrons. The monoisotopic (exact) mass is 420 g/mol. The molecule has 1 amide bonds. The molecule has 2 aromatic rings. The normalized spacial score (nSPS) is 10.8. The zero-order valence-electron chi connectivity index (χ0n) is 15.7. The number of hydrogen-bond donors (Lipinski definition) is 1. The smallest absolute Gasteiger partial charge is 0.266 e. The SMILES string of the molecule is COc1cc(Cl)c(C)cc1NC(=O)C(C#N)=Cc1cc(Cl)c(OC)c(OC)c1. The lowest BCUT2D eigenvalue weighted by atomic mass is 10.1. The number of aryl methyl sites for hydroxylation is 1. The van der Waals surface area contributed by atoms with Gasteiger partial charge in [0.05, 0.1) is 32.0 Å². The molecule has 6 nitrogen and oxygen atoms in total. The maximum atomic E-state index is 12.6. The second kappa shape index (κ2) is 9.36. The summed E-state index contributed by atoms with van der Waals surface area (Å²) in [7, 11) is 4.40. The van der Waals surface area contributed by atoms with Crippen molar-refractivity contribution in [3.05, 3.63) is 51.0 Å². The molecule has 0 saturated carbocycles. The standard InChI is InChI=1S/C20H18Cl2N2O4/c1-11-5-16(17(26-2)9-14(11)21)24-20(25)13(10-23)6-12-7-15(22)19(28-4)18(8-12)27-3/h5-9H,1-4H3,(H,24,25). The van der Waals surface area contributed by atoms with E-state index < -0.39 is 5.91 Å². The molecule has 0 aliphatic carbocycles. The van der Waals surface area contributed by atoms with E-state index >= 15 is 0 Å². The van der Waals surface area contributed by atoms with Crippen LogP contribution in [0.1, 0.15) is 11.1 Å². The van der Waals surface area contributed by atoms with Crippen LogP contribution in [0.3, 0.4) is 0 Å². The first-order valence-electron chi connectivity index (χ1n) is 8.03. The summed E-state index contributed by atoms with van der Waals surface area (Å²) in [6, 6.07) is 8.33. The summed E-state index contributed by atoms with van der Waals surface area (Å²) in [5, 5.41) is 12.9. The van der Waals surface area contributed by atoms with Gasteiger partial charge in [-0.05, 0) is 42.3 Å². The highest BCUT2D eigenvalue weighted by molar-refractivity contribution is 6.32. The number of amides is 1. The molecular weight excluding hydrogens is 403 g/mol. The van der Waals surface area contributed by atoms with Gasteiger partial charge in [-0.15, -0.1) is 0 Å². The fourth-order valence-corrected chi connectivity index (χ4v) is 2.91. The number of hydrogen-bond acceptors (Lipinski definition) is 5. The molecule has 0 bridgehead atoms. The van der Waals surface area contributed by atoms with Crippen LogP contribution in [0, 0.1) is 18.3 Å². The Hall–Kier alpha value is -2.88. The lowest BCUT2D eigenvalue weighted by molar-refractivity contribution is -0.112. The van der Waals surface area contributed by atoms with E-state index in [0.29, 0.717) is 38.5 Å². The van der Waals surface area contributed by atoms with Gasteiger partial charge in [0.25, 0.3) is 5.91 Å². The van der Waals surface area contributed by atoms with Crippen molar-refractivity contribution >= 4 is 40.9 Å². The molecule has 0 atom stereocenters. The number of anilines is 1. The number of rotatable bonds is 6. The maximum Gasteiger partial charge on any atom is 0.266 e. The van der Waals surface area contributed by atoms with Gasteiger partial charge in [-0.25, -0.2) is 0 Å². The fraction of sp³-hybridized carbons (Fsp3) is 0.200. The van der Waals surface area contributed by atoms with Crippen molar-refractivity contribution < 1.29 is 19.0 Å². The Kier molecular flexibility index (Phi) is 7.16. The van der Waals surface area contributed by atoms with Gasteiger partial charge in [0.15, 0.2) is 11.5 Å². The van der Waals surface area contributed by atoms with Crippen molar-refractivity contribution in [2.45, 2.75) is 6.92 Å². The third-order valence-electron chi connectivity index (χ3n) is 3.86. The number of benzene rings is 2. The minimum atomic E-state index is -0.603. The van der Waals surface area contributed by atoms with Gasteiger partial charge in [-0.3, -0.25) is 4.79 Å². The van der Waals surface area contributed by atoms with E-state index in [1.54, 1.807) is 31.2 Å². The minimum Gasteiger partial charge on any atom is -0.495 e. The summed E-state index contributed by atoms with van der Waals surface area (Å²) in [4.78, 5) is 12.6. The van der Waals surface area contributed by atoms with Crippen LogP contribution in [-0.4, -0.2) is 27.2 Å². The van der Waals surface area contributed by atoms with E-state index in [2.05, 4.69) is 5.32 Å². The summed E-state index contributed by atoms with van der Waals surface area (Å²) in [6.07, 6.45) is 1.40. The quantitative estimate of drug-likeness (QED) is 0.532. The van der Waals surface area contributed by atoms with Crippen LogP contribution in [0.5, 0.6) is 17.2 Å². The molecule has 0 heterocycles. The molecule has 2 rings (SSSR count). The van der Waals surface area contributed by atoms with Crippen LogP contribution >= 0.6 is 23.2 Å². The lowest BCUT2D eigenvalue weighted by Gasteiger charge is -2.12. The second-order valence-corrected chi connectivity index (χ2v) is 6.48. The van der Waals surface area contributed by atoms with Gasteiger partial charge >= 0.3 is 0 Å². The number of halogens is 2. The summed E-state index contributed by atoms with van der Waals surface area (Å²) >= 11 is 12.2. The van der Waals surface area contributed by atoms with Crippen molar-refractivity contribution in [2.75, 3.05) is 26.6 Å². The number of methoxy groups -OCH3 is 3. The molecule has 0 aromatic heterocycles. The van der Waals surface area contributed by atoms with E-state index in [4.69, 9.17) is 37.4 Å². The Morgan fingerprint density at radius 3 is 2.29 bits per heavy atom. The van der Waals surface area contributed by atoms with Crippen LogP contribution in [0.4, 0.5) is 5.69 Å². The Bertz CT molecular complexity index is 981. The number of carbonyl (C=O) groups excluding carboxylic acids is 1. The van der Waals surface area contributed by atoms with E-state index in [-0.39, 0.29) is 5.57 Å². The van der Waals surface area contributed by atoms with Crippen LogP contribution < -0.4 is 19.5 Å². The average molecular weight is 421 g/mol. The molecule has 1 N–H and O–H groups in total. The summed E-state index contributed by atoms with van der Waals surface area (Å²) in [5.74, 6) is 0.531. The number of nitrogens with one attached hydrogen (secondary N) is 1. The highest BCUT2D eigenvalue weighted by atomic mass is 35.5. The average Bonchev–Trinajstić information content (AvgIpc) is 2.67. The van der Waals surface area contributed by atoms with Crippen molar-refractivity contribution in [2.24, 2.45) is 0 Å². The molecule has 28 heavy (non-hydrogen) atoms. The first kappa shape index (κ1) is 21.4. The fourth-order valence-electron chi connectivity index (χ4n) is 2.46. The van der Waals surface area contributed by atoms with E-state index in [9.17, 15) is 10.1 Å². The molecule has 0 spiro atoms. The summed E-state index contributed by atoms with van der Waals surface area (Å²) < 4.78 is 15.6. The van der Waals surface area contributed by atoms with Gasteiger partial charge in [0, 0.05) is 11.1 Å².